The van der Waals surface area contributed by atoms with Gasteiger partial charge in [-0.2, -0.15) is 0 Å². The molecule has 0 N–H and O–H groups in total. The van der Waals surface area contributed by atoms with Gasteiger partial charge < -0.3 is 9.47 Å². The average Bonchev–Trinajstić information content (AvgIpc) is 2.34. The van der Waals surface area contributed by atoms with E-state index in [0.717, 1.165) is 18.8 Å². The summed E-state index contributed by atoms with van der Waals surface area (Å²) in [5, 5.41) is 0. The summed E-state index contributed by atoms with van der Waals surface area (Å²) < 4.78 is 10.9. The van der Waals surface area contributed by atoms with Crippen molar-refractivity contribution < 1.29 is 9.47 Å². The fourth-order valence-electron chi connectivity index (χ4n) is 1.18. The fraction of sp³-hybridized carbons (Fsp3) is 0.571. The number of benzene rings is 1. The Labute approximate surface area is 99.6 Å². The Morgan fingerprint density at radius 2 is 1.69 bits per heavy atom. The van der Waals surface area contributed by atoms with Gasteiger partial charge in [-0.25, -0.2) is 0 Å². The van der Waals surface area contributed by atoms with Crippen LogP contribution >= 0.6 is 0 Å². The lowest BCUT2D eigenvalue weighted by atomic mass is 10.2. The van der Waals surface area contributed by atoms with E-state index in [1.54, 1.807) is 0 Å². The molecule has 92 valence electrons. The first-order valence-electron chi connectivity index (χ1n) is 6.10. The third-order valence-electron chi connectivity index (χ3n) is 1.93. The van der Waals surface area contributed by atoms with Crippen molar-refractivity contribution in [1.29, 1.82) is 0 Å². The molecule has 0 aliphatic carbocycles. The molecule has 0 aliphatic heterocycles. The van der Waals surface area contributed by atoms with E-state index in [1.165, 1.54) is 5.56 Å². The van der Waals surface area contributed by atoms with Gasteiger partial charge in [0.15, 0.2) is 0 Å². The van der Waals surface area contributed by atoms with Crippen molar-refractivity contribution in [2.24, 2.45) is 0 Å². The van der Waals surface area contributed by atoms with Crippen molar-refractivity contribution in [2.45, 2.75) is 34.1 Å². The normalized spacial score (nSPS) is 9.25. The van der Waals surface area contributed by atoms with Gasteiger partial charge in [-0.05, 0) is 25.0 Å². The predicted octanol–water partition coefficient (Wildman–Crippen LogP) is 3.83. The molecule has 0 aliphatic rings. The van der Waals surface area contributed by atoms with Crippen LogP contribution < -0.4 is 4.74 Å². The summed E-state index contributed by atoms with van der Waals surface area (Å²) in [6, 6.07) is 8.02. The van der Waals surface area contributed by atoms with Crippen LogP contribution in [-0.4, -0.2) is 19.8 Å². The Kier molecular flexibility index (Phi) is 9.83. The lowest BCUT2D eigenvalue weighted by Gasteiger charge is -2.08. The van der Waals surface area contributed by atoms with E-state index in [4.69, 9.17) is 9.47 Å². The molecular weight excluding hydrogens is 200 g/mol. The lowest BCUT2D eigenvalue weighted by molar-refractivity contribution is 0.100. The molecular formula is C14H24O2. The number of hydrogen-bond acceptors (Lipinski definition) is 2. The minimum atomic E-state index is 0.630. The molecule has 0 bridgehead atoms. The molecule has 16 heavy (non-hydrogen) atoms. The minimum Gasteiger partial charge on any atom is -0.491 e. The topological polar surface area (TPSA) is 18.5 Å². The molecule has 0 radical (unpaired) electrons. The Morgan fingerprint density at radius 3 is 2.31 bits per heavy atom. The summed E-state index contributed by atoms with van der Waals surface area (Å²) in [5.74, 6) is 0.951. The standard InChI is InChI=1S/C12H18O2.C2H6/c1-3-8-13-9-10-14-12-7-5-4-6-11(12)2;1-2/h4-7H,3,8-10H2,1-2H3;1-2H3. The van der Waals surface area contributed by atoms with Gasteiger partial charge in [-0.1, -0.05) is 39.0 Å². The fourth-order valence-corrected chi connectivity index (χ4v) is 1.18. The second-order valence-electron chi connectivity index (χ2n) is 3.23. The maximum Gasteiger partial charge on any atom is 0.122 e. The first kappa shape index (κ1) is 15.0. The van der Waals surface area contributed by atoms with Crippen molar-refractivity contribution in [3.8, 4) is 5.75 Å². The van der Waals surface area contributed by atoms with Crippen molar-refractivity contribution >= 4 is 0 Å². The highest BCUT2D eigenvalue weighted by Crippen LogP contribution is 2.15. The van der Waals surface area contributed by atoms with Crippen LogP contribution in [0.2, 0.25) is 0 Å². The van der Waals surface area contributed by atoms with Crippen LogP contribution in [0.1, 0.15) is 32.8 Å². The quantitative estimate of drug-likeness (QED) is 0.684. The van der Waals surface area contributed by atoms with Crippen LogP contribution in [0.25, 0.3) is 0 Å². The van der Waals surface area contributed by atoms with Crippen molar-refractivity contribution in [1.82, 2.24) is 0 Å². The zero-order valence-corrected chi connectivity index (χ0v) is 11.0. The molecule has 0 heterocycles. The van der Waals surface area contributed by atoms with E-state index in [2.05, 4.69) is 6.92 Å². The van der Waals surface area contributed by atoms with E-state index in [-0.39, 0.29) is 0 Å². The highest BCUT2D eigenvalue weighted by molar-refractivity contribution is 5.31. The van der Waals surface area contributed by atoms with E-state index in [1.807, 2.05) is 45.0 Å². The van der Waals surface area contributed by atoms with Gasteiger partial charge >= 0.3 is 0 Å². The third kappa shape index (κ3) is 6.46. The molecule has 1 rings (SSSR count). The van der Waals surface area contributed by atoms with E-state index in [0.29, 0.717) is 13.2 Å². The minimum absolute atomic E-state index is 0.630. The molecule has 0 atom stereocenters. The molecule has 1 aromatic carbocycles. The average molecular weight is 224 g/mol. The van der Waals surface area contributed by atoms with Crippen LogP contribution in [0.4, 0.5) is 0 Å². The van der Waals surface area contributed by atoms with Crippen LogP contribution in [0.15, 0.2) is 24.3 Å². The number of ether oxygens (including phenoxy) is 2. The third-order valence-corrected chi connectivity index (χ3v) is 1.93. The molecule has 0 saturated carbocycles. The molecule has 1 aromatic rings. The summed E-state index contributed by atoms with van der Waals surface area (Å²) >= 11 is 0. The molecule has 2 heteroatoms. The van der Waals surface area contributed by atoms with Crippen LogP contribution in [-0.2, 0) is 4.74 Å². The van der Waals surface area contributed by atoms with Gasteiger partial charge in [-0.15, -0.1) is 0 Å². The van der Waals surface area contributed by atoms with Crippen LogP contribution in [0.3, 0.4) is 0 Å². The summed E-state index contributed by atoms with van der Waals surface area (Å²) in [5.41, 5.74) is 1.17. The van der Waals surface area contributed by atoms with Gasteiger partial charge in [-0.3, -0.25) is 0 Å². The lowest BCUT2D eigenvalue weighted by Crippen LogP contribution is -2.07. The molecule has 2 nitrogen and oxygen atoms in total. The molecule has 0 amide bonds. The number of hydrogen-bond donors (Lipinski definition) is 0. The number of rotatable bonds is 6. The Morgan fingerprint density at radius 1 is 1.00 bits per heavy atom. The van der Waals surface area contributed by atoms with Gasteiger partial charge in [0.2, 0.25) is 0 Å². The molecule has 0 unspecified atom stereocenters. The zero-order valence-electron chi connectivity index (χ0n) is 11.0. The molecule has 0 fully saturated rings. The maximum atomic E-state index is 5.56. The Bertz CT molecular complexity index is 259. The highest BCUT2D eigenvalue weighted by atomic mass is 16.5. The maximum absolute atomic E-state index is 5.56. The van der Waals surface area contributed by atoms with Gasteiger partial charge in [0.05, 0.1) is 6.61 Å². The van der Waals surface area contributed by atoms with Crippen LogP contribution in [0.5, 0.6) is 5.75 Å². The van der Waals surface area contributed by atoms with Crippen molar-refractivity contribution in [2.75, 3.05) is 19.8 Å². The predicted molar refractivity (Wildman–Crippen MR) is 69.1 cm³/mol. The largest absolute Gasteiger partial charge is 0.491 e. The first-order chi connectivity index (χ1) is 7.84. The van der Waals surface area contributed by atoms with E-state index in [9.17, 15) is 0 Å². The van der Waals surface area contributed by atoms with Gasteiger partial charge in [0.1, 0.15) is 12.4 Å². The molecule has 0 spiro atoms. The molecule has 0 saturated heterocycles. The van der Waals surface area contributed by atoms with Crippen molar-refractivity contribution in [3.63, 3.8) is 0 Å². The number of aryl methyl sites for hydroxylation is 1. The molecule has 0 aromatic heterocycles. The zero-order chi connectivity index (χ0) is 12.2. The monoisotopic (exact) mass is 224 g/mol. The summed E-state index contributed by atoms with van der Waals surface area (Å²) in [6.45, 7) is 10.3. The summed E-state index contributed by atoms with van der Waals surface area (Å²) in [7, 11) is 0. The second-order valence-corrected chi connectivity index (χ2v) is 3.23. The number of para-hydroxylation sites is 1. The van der Waals surface area contributed by atoms with E-state index < -0.39 is 0 Å². The smallest absolute Gasteiger partial charge is 0.122 e. The van der Waals surface area contributed by atoms with Gasteiger partial charge in [0, 0.05) is 6.61 Å². The van der Waals surface area contributed by atoms with E-state index >= 15 is 0 Å². The summed E-state index contributed by atoms with van der Waals surface area (Å²) in [4.78, 5) is 0. The van der Waals surface area contributed by atoms with Gasteiger partial charge in [0.25, 0.3) is 0 Å². The highest BCUT2D eigenvalue weighted by Gasteiger charge is 1.96. The van der Waals surface area contributed by atoms with Crippen LogP contribution in [0, 0.1) is 6.92 Å². The summed E-state index contributed by atoms with van der Waals surface area (Å²) in [6.07, 6.45) is 1.06. The Balaban J connectivity index is 0.00000106. The second kappa shape index (κ2) is 10.5. The van der Waals surface area contributed by atoms with Crippen molar-refractivity contribution in [3.05, 3.63) is 29.8 Å². The Hall–Kier alpha value is -1.02. The first-order valence-corrected chi connectivity index (χ1v) is 6.10. The SMILES string of the molecule is CC.CCCOCCOc1ccccc1C.